The van der Waals surface area contributed by atoms with E-state index in [1.165, 1.54) is 17.4 Å². The van der Waals surface area contributed by atoms with Gasteiger partial charge in [-0.25, -0.2) is 4.98 Å². The van der Waals surface area contributed by atoms with Gasteiger partial charge in [0.15, 0.2) is 0 Å². The van der Waals surface area contributed by atoms with Gasteiger partial charge in [-0.2, -0.15) is 13.2 Å². The average Bonchev–Trinajstić information content (AvgIpc) is 3.32. The lowest BCUT2D eigenvalue weighted by Crippen LogP contribution is -2.45. The number of aromatic nitrogens is 1. The van der Waals surface area contributed by atoms with Crippen LogP contribution in [0.5, 0.6) is 0 Å². The van der Waals surface area contributed by atoms with Gasteiger partial charge in [0, 0.05) is 21.2 Å². The fourth-order valence-electron chi connectivity index (χ4n) is 4.38. The third-order valence-electron chi connectivity index (χ3n) is 6.69. The Balaban J connectivity index is 0.000000271. The van der Waals surface area contributed by atoms with Crippen molar-refractivity contribution in [3.63, 3.8) is 0 Å². The summed E-state index contributed by atoms with van der Waals surface area (Å²) in [7, 11) is 0. The lowest BCUT2D eigenvalue weighted by atomic mass is 9.61. The molecule has 1 heterocycles. The van der Waals surface area contributed by atoms with E-state index in [0.717, 1.165) is 29.4 Å². The van der Waals surface area contributed by atoms with Crippen LogP contribution in [-0.4, -0.2) is 21.2 Å². The maximum atomic E-state index is 12.5. The Kier molecular flexibility index (Phi) is 10.6. The molecule has 1 aromatic heterocycles. The molecule has 1 fully saturated rings. The first-order chi connectivity index (χ1) is 17.2. The summed E-state index contributed by atoms with van der Waals surface area (Å²) >= 11 is 4.34. The zero-order chi connectivity index (χ0) is 28.0. The Labute approximate surface area is 228 Å². The van der Waals surface area contributed by atoms with Gasteiger partial charge in [-0.05, 0) is 74.4 Å². The van der Waals surface area contributed by atoms with E-state index in [0.29, 0.717) is 30.0 Å². The van der Waals surface area contributed by atoms with Crippen LogP contribution in [-0.2, 0) is 16.6 Å². The number of carboxylic acids is 1. The van der Waals surface area contributed by atoms with Crippen molar-refractivity contribution in [2.24, 2.45) is 11.3 Å². The number of aliphatic hydroxyl groups is 1. The number of aliphatic carboxylic acids is 1. The van der Waals surface area contributed by atoms with Gasteiger partial charge in [-0.1, -0.05) is 49.4 Å². The van der Waals surface area contributed by atoms with Gasteiger partial charge in [0.1, 0.15) is 10.6 Å². The largest absolute Gasteiger partial charge is 0.481 e. The SMILES string of the molecule is C=C(C)c1cnc(C2(O)CCC(C(=O)O)C(C)(CC)C2)s1.CC/C=C/Nc1ccc(Br)c(C(F)(F)F)c1. The summed E-state index contributed by atoms with van der Waals surface area (Å²) in [6, 6.07) is 4.04. The number of anilines is 1. The van der Waals surface area contributed by atoms with Crippen molar-refractivity contribution < 1.29 is 28.2 Å². The van der Waals surface area contributed by atoms with Crippen molar-refractivity contribution in [1.29, 1.82) is 0 Å². The molecule has 1 saturated carbocycles. The van der Waals surface area contributed by atoms with E-state index in [9.17, 15) is 28.2 Å². The molecule has 1 aliphatic carbocycles. The number of rotatable bonds is 7. The molecule has 3 atom stereocenters. The number of thiazole rings is 1. The van der Waals surface area contributed by atoms with Crippen LogP contribution in [0, 0.1) is 11.3 Å². The summed E-state index contributed by atoms with van der Waals surface area (Å²) in [6.45, 7) is 11.7. The van der Waals surface area contributed by atoms with Crippen molar-refractivity contribution in [2.75, 3.05) is 5.32 Å². The zero-order valence-corrected chi connectivity index (χ0v) is 23.9. The van der Waals surface area contributed by atoms with Crippen molar-refractivity contribution in [3.8, 4) is 0 Å². The van der Waals surface area contributed by atoms with E-state index >= 15 is 0 Å². The molecule has 2 aromatic rings. The van der Waals surface area contributed by atoms with Gasteiger partial charge in [0.05, 0.1) is 11.5 Å². The van der Waals surface area contributed by atoms with Crippen molar-refractivity contribution in [2.45, 2.75) is 71.6 Å². The zero-order valence-electron chi connectivity index (χ0n) is 21.5. The molecule has 0 radical (unpaired) electrons. The third kappa shape index (κ3) is 7.91. The number of carboxylic acid groups (broad SMARTS) is 1. The number of allylic oxidation sites excluding steroid dienone is 2. The Morgan fingerprint density at radius 1 is 1.38 bits per heavy atom. The number of carbonyl (C=O) groups is 1. The van der Waals surface area contributed by atoms with E-state index in [1.54, 1.807) is 18.5 Å². The smallest absolute Gasteiger partial charge is 0.417 e. The molecule has 0 spiro atoms. The average molecular weight is 604 g/mol. The molecular weight excluding hydrogens is 569 g/mol. The molecule has 37 heavy (non-hydrogen) atoms. The van der Waals surface area contributed by atoms with Crippen molar-refractivity contribution in [1.82, 2.24) is 4.98 Å². The highest BCUT2D eigenvalue weighted by molar-refractivity contribution is 9.10. The maximum absolute atomic E-state index is 12.5. The van der Waals surface area contributed by atoms with Gasteiger partial charge in [-0.3, -0.25) is 4.79 Å². The fraction of sp³-hybridized carbons (Fsp3) is 0.481. The number of alkyl halides is 3. The number of nitrogens with zero attached hydrogens (tertiary/aromatic N) is 1. The molecule has 1 aliphatic rings. The molecule has 5 nitrogen and oxygen atoms in total. The Morgan fingerprint density at radius 3 is 2.57 bits per heavy atom. The van der Waals surface area contributed by atoms with Gasteiger partial charge in [-0.15, -0.1) is 11.3 Å². The normalized spacial score (nSPS) is 23.9. The van der Waals surface area contributed by atoms with E-state index < -0.39 is 34.6 Å². The second-order valence-electron chi connectivity index (χ2n) is 9.60. The van der Waals surface area contributed by atoms with Crippen LogP contribution in [0.25, 0.3) is 5.57 Å². The predicted molar refractivity (Wildman–Crippen MR) is 146 cm³/mol. The van der Waals surface area contributed by atoms with Crippen LogP contribution in [0.2, 0.25) is 0 Å². The number of nitrogens with one attached hydrogen (secondary N) is 1. The second-order valence-corrected chi connectivity index (χ2v) is 11.5. The quantitative estimate of drug-likeness (QED) is 0.296. The molecule has 3 unspecified atom stereocenters. The summed E-state index contributed by atoms with van der Waals surface area (Å²) in [4.78, 5) is 16.8. The van der Waals surface area contributed by atoms with Crippen LogP contribution >= 0.6 is 27.3 Å². The monoisotopic (exact) mass is 602 g/mol. The highest BCUT2D eigenvalue weighted by Gasteiger charge is 2.50. The van der Waals surface area contributed by atoms with Crippen LogP contribution < -0.4 is 5.32 Å². The first kappa shape index (κ1) is 31.1. The summed E-state index contributed by atoms with van der Waals surface area (Å²) in [5.41, 5.74) is -0.759. The Morgan fingerprint density at radius 2 is 2.05 bits per heavy atom. The number of hydrogen-bond donors (Lipinski definition) is 3. The van der Waals surface area contributed by atoms with E-state index in [-0.39, 0.29) is 4.47 Å². The second kappa shape index (κ2) is 12.6. The minimum atomic E-state index is -4.34. The number of halogens is 4. The molecule has 1 aromatic carbocycles. The van der Waals surface area contributed by atoms with Crippen LogP contribution in [0.1, 0.15) is 75.2 Å². The summed E-state index contributed by atoms with van der Waals surface area (Å²) < 4.78 is 37.7. The summed E-state index contributed by atoms with van der Waals surface area (Å²) in [6.07, 6.45) is 3.79. The highest BCUT2D eigenvalue weighted by atomic mass is 79.9. The fourth-order valence-corrected chi connectivity index (χ4v) is 5.81. The summed E-state index contributed by atoms with van der Waals surface area (Å²) in [5.74, 6) is -1.16. The van der Waals surface area contributed by atoms with E-state index in [1.807, 2.05) is 33.8 Å². The molecule has 3 rings (SSSR count). The van der Waals surface area contributed by atoms with Crippen LogP contribution in [0.3, 0.4) is 0 Å². The van der Waals surface area contributed by atoms with E-state index in [4.69, 9.17) is 0 Å². The lowest BCUT2D eigenvalue weighted by molar-refractivity contribution is -0.155. The lowest BCUT2D eigenvalue weighted by Gasteiger charge is -2.45. The minimum absolute atomic E-state index is 0.0463. The van der Waals surface area contributed by atoms with Gasteiger partial charge in [0.25, 0.3) is 0 Å². The van der Waals surface area contributed by atoms with Gasteiger partial charge < -0.3 is 15.5 Å². The highest BCUT2D eigenvalue weighted by Crippen LogP contribution is 2.52. The predicted octanol–water partition coefficient (Wildman–Crippen LogP) is 8.47. The van der Waals surface area contributed by atoms with Crippen molar-refractivity contribution >= 4 is 44.5 Å². The molecule has 0 bridgehead atoms. The Hall–Kier alpha value is -2.17. The maximum Gasteiger partial charge on any atom is 0.417 e. The van der Waals surface area contributed by atoms with Crippen molar-refractivity contribution in [3.05, 3.63) is 63.2 Å². The summed E-state index contributed by atoms with van der Waals surface area (Å²) in [5, 5.41) is 23.9. The first-order valence-corrected chi connectivity index (χ1v) is 13.6. The van der Waals surface area contributed by atoms with Gasteiger partial charge in [0.2, 0.25) is 0 Å². The minimum Gasteiger partial charge on any atom is -0.481 e. The molecule has 0 saturated heterocycles. The number of hydrogen-bond acceptors (Lipinski definition) is 5. The molecule has 10 heteroatoms. The Bertz CT molecular complexity index is 1130. The van der Waals surface area contributed by atoms with Crippen LogP contribution in [0.15, 0.2) is 47.7 Å². The molecule has 0 aliphatic heterocycles. The van der Waals surface area contributed by atoms with Gasteiger partial charge >= 0.3 is 12.1 Å². The number of benzene rings is 1. The standard InChI is InChI=1S/C16H23NO3S.C11H11BrF3N/c1-5-15(4)9-16(20,7-6-11(15)13(18)19)14-17-8-12(21-14)10(2)3;1-2-3-6-16-8-4-5-10(12)9(7-8)11(13,14)15/h8,11,20H,2,5-7,9H2,1,3-4H3,(H,18,19);3-7,16H,2H2,1H3/b;6-3+. The topological polar surface area (TPSA) is 82.5 Å². The molecular formula is C27H34BrF3N2O3S. The molecule has 204 valence electrons. The van der Waals surface area contributed by atoms with E-state index in [2.05, 4.69) is 32.8 Å². The first-order valence-electron chi connectivity index (χ1n) is 12.0. The molecule has 0 amide bonds. The molecule has 3 N–H and O–H groups in total. The third-order valence-corrected chi connectivity index (χ3v) is 8.73. The van der Waals surface area contributed by atoms with Crippen LogP contribution in [0.4, 0.5) is 18.9 Å².